The van der Waals surface area contributed by atoms with E-state index in [9.17, 15) is 19.5 Å². The normalized spacial score (nSPS) is 16.2. The molecule has 1 aromatic rings. The number of hydrogen-bond donors (Lipinski definition) is 3. The van der Waals surface area contributed by atoms with Crippen LogP contribution in [0.3, 0.4) is 0 Å². The summed E-state index contributed by atoms with van der Waals surface area (Å²) >= 11 is 0. The van der Waals surface area contributed by atoms with Gasteiger partial charge in [0.15, 0.2) is 0 Å². The summed E-state index contributed by atoms with van der Waals surface area (Å²) in [5.41, 5.74) is 0.860. The van der Waals surface area contributed by atoms with E-state index in [-0.39, 0.29) is 24.3 Å². The number of ether oxygens (including phenoxy) is 1. The van der Waals surface area contributed by atoms with Gasteiger partial charge in [0, 0.05) is 13.5 Å². The SMILES string of the molecule is CCOc1ccc(CC(CNC(=O)C(NC(C)=O)C2CCCC2)C(=O)O)cc1. The van der Waals surface area contributed by atoms with Crippen molar-refractivity contribution in [3.05, 3.63) is 29.8 Å². The molecule has 1 saturated carbocycles. The maximum absolute atomic E-state index is 12.6. The minimum absolute atomic E-state index is 0.0180. The number of benzene rings is 1. The van der Waals surface area contributed by atoms with Gasteiger partial charge in [0.25, 0.3) is 0 Å². The van der Waals surface area contributed by atoms with E-state index in [1.807, 2.05) is 31.2 Å². The Bertz CT molecular complexity index is 668. The van der Waals surface area contributed by atoms with Crippen molar-refractivity contribution in [2.75, 3.05) is 13.2 Å². The predicted octanol–water partition coefficient (Wildman–Crippen LogP) is 2.14. The third-order valence-corrected chi connectivity index (χ3v) is 5.10. The Hall–Kier alpha value is -2.57. The largest absolute Gasteiger partial charge is 0.494 e. The number of carboxylic acids is 1. The number of carboxylic acid groups (broad SMARTS) is 1. The summed E-state index contributed by atoms with van der Waals surface area (Å²) in [6.45, 7) is 3.88. The number of hydrogen-bond acceptors (Lipinski definition) is 4. The molecule has 28 heavy (non-hydrogen) atoms. The molecule has 0 heterocycles. The van der Waals surface area contributed by atoms with Crippen LogP contribution in [0.5, 0.6) is 5.75 Å². The molecule has 2 amide bonds. The molecule has 2 rings (SSSR count). The summed E-state index contributed by atoms with van der Waals surface area (Å²) in [5.74, 6) is -1.43. The van der Waals surface area contributed by atoms with Crippen molar-refractivity contribution in [1.29, 1.82) is 0 Å². The number of aliphatic carboxylic acids is 1. The van der Waals surface area contributed by atoms with Crippen LogP contribution in [0.2, 0.25) is 0 Å². The van der Waals surface area contributed by atoms with E-state index in [1.165, 1.54) is 6.92 Å². The summed E-state index contributed by atoms with van der Waals surface area (Å²) in [6.07, 6.45) is 4.18. The molecule has 1 aliphatic carbocycles. The number of carbonyl (C=O) groups is 3. The molecular formula is C21H30N2O5. The van der Waals surface area contributed by atoms with Crippen LogP contribution in [0.1, 0.15) is 45.1 Å². The van der Waals surface area contributed by atoms with Crippen molar-refractivity contribution >= 4 is 17.8 Å². The van der Waals surface area contributed by atoms with Crippen molar-refractivity contribution < 1.29 is 24.2 Å². The lowest BCUT2D eigenvalue weighted by atomic mass is 9.96. The molecule has 0 spiro atoms. The first-order valence-electron chi connectivity index (χ1n) is 9.90. The Labute approximate surface area is 165 Å². The molecule has 2 unspecified atom stereocenters. The van der Waals surface area contributed by atoms with Crippen LogP contribution < -0.4 is 15.4 Å². The monoisotopic (exact) mass is 390 g/mol. The van der Waals surface area contributed by atoms with Gasteiger partial charge in [0.2, 0.25) is 11.8 Å². The lowest BCUT2D eigenvalue weighted by molar-refractivity contribution is -0.141. The first-order valence-corrected chi connectivity index (χ1v) is 9.90. The van der Waals surface area contributed by atoms with Crippen LogP contribution in [0.15, 0.2) is 24.3 Å². The number of carbonyl (C=O) groups excluding carboxylic acids is 2. The van der Waals surface area contributed by atoms with E-state index >= 15 is 0 Å². The second-order valence-electron chi connectivity index (χ2n) is 7.28. The van der Waals surface area contributed by atoms with Gasteiger partial charge in [0.05, 0.1) is 12.5 Å². The fraction of sp³-hybridized carbons (Fsp3) is 0.571. The van der Waals surface area contributed by atoms with E-state index < -0.39 is 17.9 Å². The van der Waals surface area contributed by atoms with Crippen molar-refractivity contribution in [2.45, 2.75) is 52.0 Å². The highest BCUT2D eigenvalue weighted by Crippen LogP contribution is 2.28. The van der Waals surface area contributed by atoms with Gasteiger partial charge in [-0.25, -0.2) is 0 Å². The zero-order valence-electron chi connectivity index (χ0n) is 16.6. The van der Waals surface area contributed by atoms with E-state index in [0.717, 1.165) is 37.0 Å². The van der Waals surface area contributed by atoms with E-state index in [4.69, 9.17) is 4.74 Å². The van der Waals surface area contributed by atoms with Crippen LogP contribution in [-0.4, -0.2) is 42.1 Å². The summed E-state index contributed by atoms with van der Waals surface area (Å²) in [7, 11) is 0. The van der Waals surface area contributed by atoms with Gasteiger partial charge < -0.3 is 20.5 Å². The average Bonchev–Trinajstić information content (AvgIpc) is 3.18. The van der Waals surface area contributed by atoms with Gasteiger partial charge in [-0.05, 0) is 49.8 Å². The van der Waals surface area contributed by atoms with Crippen LogP contribution >= 0.6 is 0 Å². The second-order valence-corrected chi connectivity index (χ2v) is 7.28. The smallest absolute Gasteiger partial charge is 0.308 e. The highest BCUT2D eigenvalue weighted by molar-refractivity contribution is 5.87. The fourth-order valence-corrected chi connectivity index (χ4v) is 3.66. The standard InChI is InChI=1S/C21H30N2O5/c1-3-28-18-10-8-15(9-11-18)12-17(21(26)27)13-22-20(25)19(23-14(2)24)16-6-4-5-7-16/h8-11,16-17,19H,3-7,12-13H2,1-2H3,(H,22,25)(H,23,24)(H,26,27). The molecular weight excluding hydrogens is 360 g/mol. The Morgan fingerprint density at radius 3 is 2.36 bits per heavy atom. The van der Waals surface area contributed by atoms with Gasteiger partial charge in [-0.2, -0.15) is 0 Å². The minimum Gasteiger partial charge on any atom is -0.494 e. The molecule has 2 atom stereocenters. The second kappa shape index (κ2) is 10.7. The first kappa shape index (κ1) is 21.7. The number of amides is 2. The molecule has 1 aliphatic rings. The molecule has 0 saturated heterocycles. The van der Waals surface area contributed by atoms with Gasteiger partial charge in [-0.1, -0.05) is 25.0 Å². The Kier molecular flexibility index (Phi) is 8.29. The number of rotatable bonds is 10. The molecule has 0 bridgehead atoms. The molecule has 1 fully saturated rings. The summed E-state index contributed by atoms with van der Waals surface area (Å²) in [5, 5.41) is 15.0. The molecule has 0 radical (unpaired) electrons. The van der Waals surface area contributed by atoms with Crippen molar-refractivity contribution in [1.82, 2.24) is 10.6 Å². The van der Waals surface area contributed by atoms with Crippen molar-refractivity contribution in [3.63, 3.8) is 0 Å². The van der Waals surface area contributed by atoms with E-state index in [0.29, 0.717) is 13.0 Å². The van der Waals surface area contributed by atoms with Crippen LogP contribution in [0.4, 0.5) is 0 Å². The molecule has 7 heteroatoms. The number of nitrogens with one attached hydrogen (secondary N) is 2. The maximum atomic E-state index is 12.6. The van der Waals surface area contributed by atoms with E-state index in [1.54, 1.807) is 0 Å². The Morgan fingerprint density at radius 1 is 1.18 bits per heavy atom. The van der Waals surface area contributed by atoms with Crippen molar-refractivity contribution in [3.8, 4) is 5.75 Å². The van der Waals surface area contributed by atoms with Crippen molar-refractivity contribution in [2.24, 2.45) is 11.8 Å². The first-order chi connectivity index (χ1) is 13.4. The molecule has 0 aliphatic heterocycles. The highest BCUT2D eigenvalue weighted by atomic mass is 16.5. The van der Waals surface area contributed by atoms with Gasteiger partial charge in [-0.15, -0.1) is 0 Å². The third-order valence-electron chi connectivity index (χ3n) is 5.10. The minimum atomic E-state index is -0.967. The summed E-state index contributed by atoms with van der Waals surface area (Å²) < 4.78 is 5.39. The summed E-state index contributed by atoms with van der Waals surface area (Å²) in [6, 6.07) is 6.69. The van der Waals surface area contributed by atoms with Crippen LogP contribution in [0, 0.1) is 11.8 Å². The zero-order chi connectivity index (χ0) is 20.5. The molecule has 3 N–H and O–H groups in total. The Balaban J connectivity index is 1.95. The Morgan fingerprint density at radius 2 is 1.82 bits per heavy atom. The fourth-order valence-electron chi connectivity index (χ4n) is 3.66. The highest BCUT2D eigenvalue weighted by Gasteiger charge is 2.32. The molecule has 1 aromatic carbocycles. The molecule has 0 aromatic heterocycles. The topological polar surface area (TPSA) is 105 Å². The average molecular weight is 390 g/mol. The maximum Gasteiger partial charge on any atom is 0.308 e. The third kappa shape index (κ3) is 6.55. The predicted molar refractivity (Wildman–Crippen MR) is 105 cm³/mol. The zero-order valence-corrected chi connectivity index (χ0v) is 16.6. The molecule has 154 valence electrons. The summed E-state index contributed by atoms with van der Waals surface area (Å²) in [4.78, 5) is 35.8. The van der Waals surface area contributed by atoms with Crippen LogP contribution in [-0.2, 0) is 20.8 Å². The van der Waals surface area contributed by atoms with Gasteiger partial charge in [-0.3, -0.25) is 14.4 Å². The lowest BCUT2D eigenvalue weighted by Gasteiger charge is -2.24. The van der Waals surface area contributed by atoms with Gasteiger partial charge >= 0.3 is 5.97 Å². The van der Waals surface area contributed by atoms with Gasteiger partial charge in [0.1, 0.15) is 11.8 Å². The quantitative estimate of drug-likeness (QED) is 0.568. The lowest BCUT2D eigenvalue weighted by Crippen LogP contribution is -2.51. The molecule has 7 nitrogen and oxygen atoms in total. The van der Waals surface area contributed by atoms with Crippen LogP contribution in [0.25, 0.3) is 0 Å². The van der Waals surface area contributed by atoms with E-state index in [2.05, 4.69) is 10.6 Å².